The van der Waals surface area contributed by atoms with Gasteiger partial charge in [-0.05, 0) is 5.92 Å². The Labute approximate surface area is 120 Å². The van der Waals surface area contributed by atoms with Gasteiger partial charge in [-0.3, -0.25) is 4.79 Å². The van der Waals surface area contributed by atoms with Gasteiger partial charge in [-0.1, -0.05) is 60.3 Å². The lowest BCUT2D eigenvalue weighted by Crippen LogP contribution is -2.44. The molecule has 1 atom stereocenters. The molecule has 0 aliphatic rings. The molecular weight excluding hydrogens is 312 g/mol. The molecule has 0 unspecified atom stereocenters. The summed E-state index contributed by atoms with van der Waals surface area (Å²) in [6, 6.07) is -0.404. The molecule has 1 amide bonds. The molecule has 8 heteroatoms. The zero-order chi connectivity index (χ0) is 13.6. The normalized spacial score (nSPS) is 13.0. The average Bonchev–Trinajstić information content (AvgIpc) is 2.22. The fraction of sp³-hybridized carbons (Fsp3) is 0.778. The van der Waals surface area contributed by atoms with Crippen LogP contribution in [-0.4, -0.2) is 34.2 Å². The maximum atomic E-state index is 11.3. The fourth-order valence-corrected chi connectivity index (χ4v) is 1.13. The summed E-state index contributed by atoms with van der Waals surface area (Å²) in [5, 5.41) is 2.54. The Morgan fingerprint density at radius 1 is 1.12 bits per heavy atom. The molecule has 0 spiro atoms. The van der Waals surface area contributed by atoms with Crippen molar-refractivity contribution in [1.29, 1.82) is 0 Å². The van der Waals surface area contributed by atoms with E-state index >= 15 is 0 Å². The molecule has 100 valence electrons. The number of carbonyl (C=O) groups excluding carboxylic acids is 2. The van der Waals surface area contributed by atoms with Gasteiger partial charge in [-0.15, -0.1) is 0 Å². The highest BCUT2D eigenvalue weighted by Gasteiger charge is 2.22. The van der Waals surface area contributed by atoms with Gasteiger partial charge in [0.2, 0.25) is 4.84 Å². The second-order valence-electron chi connectivity index (χ2n) is 3.59. The van der Waals surface area contributed by atoms with Gasteiger partial charge in [0.05, 0.1) is 6.04 Å². The number of rotatable bonds is 6. The highest BCUT2D eigenvalue weighted by Crippen LogP contribution is 2.09. The Kier molecular flexibility index (Phi) is 8.29. The molecule has 0 aliphatic carbocycles. The van der Waals surface area contributed by atoms with Crippen molar-refractivity contribution in [2.75, 3.05) is 6.61 Å². The lowest BCUT2D eigenvalue weighted by Gasteiger charge is -2.22. The first-order valence-electron chi connectivity index (χ1n) is 4.79. The summed E-state index contributed by atoms with van der Waals surface area (Å²) in [4.78, 5) is 19.9. The van der Waals surface area contributed by atoms with Crippen LogP contribution in [-0.2, 0) is 14.3 Å². The summed E-state index contributed by atoms with van der Waals surface area (Å²) in [5.41, 5.74) is 0. The van der Waals surface area contributed by atoms with Crippen molar-refractivity contribution >= 4 is 58.3 Å². The number of esters is 1. The molecule has 0 aromatic carbocycles. The first-order chi connectivity index (χ1) is 7.75. The number of hydrogen-bond donors (Lipinski definition) is 1. The van der Waals surface area contributed by atoms with Gasteiger partial charge in [0.25, 0.3) is 5.91 Å². The Morgan fingerprint density at radius 3 is 2.00 bits per heavy atom. The number of carbonyl (C=O) groups is 2. The molecule has 0 bridgehead atoms. The van der Waals surface area contributed by atoms with Gasteiger partial charge >= 0.3 is 5.97 Å². The minimum absolute atomic E-state index is 0.0305. The van der Waals surface area contributed by atoms with E-state index in [1.54, 1.807) is 0 Å². The number of alkyl halides is 4. The molecule has 0 fully saturated rings. The number of amides is 1. The standard InChI is InChI=1S/C9H13Cl4NO3/c1-4(2)5(14-8(15)6(10)11)3-17-9(16)7(12)13/h4-7H,3H2,1-2H3,(H,14,15)/t5-/m1/s1. The maximum Gasteiger partial charge on any atom is 0.339 e. The molecule has 0 rings (SSSR count). The molecule has 0 aromatic heterocycles. The summed E-state index contributed by atoms with van der Waals surface area (Å²) in [7, 11) is 0. The molecule has 4 nitrogen and oxygen atoms in total. The van der Waals surface area contributed by atoms with Crippen LogP contribution in [0.2, 0.25) is 0 Å². The smallest absolute Gasteiger partial charge is 0.339 e. The van der Waals surface area contributed by atoms with Gasteiger partial charge in [0, 0.05) is 0 Å². The van der Waals surface area contributed by atoms with Crippen molar-refractivity contribution in [2.45, 2.75) is 29.6 Å². The highest BCUT2D eigenvalue weighted by atomic mass is 35.5. The van der Waals surface area contributed by atoms with Gasteiger partial charge in [-0.2, -0.15) is 0 Å². The summed E-state index contributed by atoms with van der Waals surface area (Å²) in [6.45, 7) is 3.64. The van der Waals surface area contributed by atoms with Crippen LogP contribution in [0.1, 0.15) is 13.8 Å². The number of halogens is 4. The van der Waals surface area contributed by atoms with Crippen molar-refractivity contribution in [3.8, 4) is 0 Å². The van der Waals surface area contributed by atoms with E-state index in [9.17, 15) is 9.59 Å². The van der Waals surface area contributed by atoms with Crippen LogP contribution in [0.15, 0.2) is 0 Å². The van der Waals surface area contributed by atoms with Crippen molar-refractivity contribution in [3.63, 3.8) is 0 Å². The van der Waals surface area contributed by atoms with E-state index in [0.717, 1.165) is 0 Å². The first-order valence-corrected chi connectivity index (χ1v) is 6.53. The molecule has 0 heterocycles. The highest BCUT2D eigenvalue weighted by molar-refractivity contribution is 6.53. The summed E-state index contributed by atoms with van der Waals surface area (Å²) >= 11 is 21.4. The molecule has 0 aromatic rings. The van der Waals surface area contributed by atoms with Gasteiger partial charge in [-0.25, -0.2) is 4.79 Å². The van der Waals surface area contributed by atoms with Crippen LogP contribution >= 0.6 is 46.4 Å². The van der Waals surface area contributed by atoms with Crippen LogP contribution in [0, 0.1) is 5.92 Å². The molecule has 0 aliphatic heterocycles. The number of hydrogen-bond acceptors (Lipinski definition) is 3. The van der Waals surface area contributed by atoms with E-state index in [4.69, 9.17) is 51.1 Å². The van der Waals surface area contributed by atoms with Crippen LogP contribution in [0.25, 0.3) is 0 Å². The van der Waals surface area contributed by atoms with Crippen LogP contribution < -0.4 is 5.32 Å². The third-order valence-corrected chi connectivity index (χ3v) is 2.67. The predicted octanol–water partition coefficient (Wildman–Crippen LogP) is 2.28. The second kappa shape index (κ2) is 8.25. The SMILES string of the molecule is CC(C)[C@@H](COC(=O)C(Cl)Cl)NC(=O)C(Cl)Cl. The summed E-state index contributed by atoms with van der Waals surface area (Å²) in [6.07, 6.45) is 0. The van der Waals surface area contributed by atoms with Crippen molar-refractivity contribution in [1.82, 2.24) is 5.32 Å². The minimum Gasteiger partial charge on any atom is -0.461 e. The Bertz CT molecular complexity index is 271. The summed E-state index contributed by atoms with van der Waals surface area (Å²) < 4.78 is 4.80. The zero-order valence-electron chi connectivity index (χ0n) is 9.25. The molecule has 0 radical (unpaired) electrons. The van der Waals surface area contributed by atoms with Crippen LogP contribution in [0.3, 0.4) is 0 Å². The Morgan fingerprint density at radius 2 is 1.65 bits per heavy atom. The number of nitrogens with one attached hydrogen (secondary N) is 1. The molecular formula is C9H13Cl4NO3. The molecule has 0 saturated carbocycles. The molecule has 0 saturated heterocycles. The van der Waals surface area contributed by atoms with E-state index < -0.39 is 27.6 Å². The van der Waals surface area contributed by atoms with E-state index in [-0.39, 0.29) is 12.5 Å². The average molecular weight is 325 g/mol. The monoisotopic (exact) mass is 323 g/mol. The van der Waals surface area contributed by atoms with E-state index in [2.05, 4.69) is 5.32 Å². The molecule has 1 N–H and O–H groups in total. The maximum absolute atomic E-state index is 11.3. The first kappa shape index (κ1) is 17.1. The lowest BCUT2D eigenvalue weighted by atomic mass is 10.1. The Balaban J connectivity index is 4.26. The molecule has 17 heavy (non-hydrogen) atoms. The fourth-order valence-electron chi connectivity index (χ4n) is 0.881. The Hall–Kier alpha value is 0.1000. The lowest BCUT2D eigenvalue weighted by molar-refractivity contribution is -0.143. The van der Waals surface area contributed by atoms with Crippen LogP contribution in [0.4, 0.5) is 0 Å². The van der Waals surface area contributed by atoms with Crippen LogP contribution in [0.5, 0.6) is 0 Å². The summed E-state index contributed by atoms with van der Waals surface area (Å²) in [5.74, 6) is -1.28. The predicted molar refractivity (Wildman–Crippen MR) is 68.7 cm³/mol. The third-order valence-electron chi connectivity index (χ3n) is 1.91. The van der Waals surface area contributed by atoms with Crippen molar-refractivity contribution in [3.05, 3.63) is 0 Å². The van der Waals surface area contributed by atoms with Crippen molar-refractivity contribution in [2.24, 2.45) is 5.92 Å². The number of ether oxygens (including phenoxy) is 1. The third kappa shape index (κ3) is 7.19. The van der Waals surface area contributed by atoms with Gasteiger partial charge < -0.3 is 10.1 Å². The van der Waals surface area contributed by atoms with E-state index in [1.165, 1.54) is 0 Å². The van der Waals surface area contributed by atoms with Gasteiger partial charge in [0.1, 0.15) is 6.61 Å². The van der Waals surface area contributed by atoms with Crippen molar-refractivity contribution < 1.29 is 14.3 Å². The largest absolute Gasteiger partial charge is 0.461 e. The second-order valence-corrected chi connectivity index (χ2v) is 5.78. The van der Waals surface area contributed by atoms with E-state index in [0.29, 0.717) is 0 Å². The van der Waals surface area contributed by atoms with Gasteiger partial charge in [0.15, 0.2) is 4.84 Å². The zero-order valence-corrected chi connectivity index (χ0v) is 12.3. The topological polar surface area (TPSA) is 55.4 Å². The quantitative estimate of drug-likeness (QED) is 0.602. The van der Waals surface area contributed by atoms with E-state index in [1.807, 2.05) is 13.8 Å². The minimum atomic E-state index is -1.24.